The van der Waals surface area contributed by atoms with Crippen LogP contribution in [0.2, 0.25) is 0 Å². The lowest BCUT2D eigenvalue weighted by Gasteiger charge is -2.29. The van der Waals surface area contributed by atoms with Gasteiger partial charge in [0.15, 0.2) is 11.6 Å². The van der Waals surface area contributed by atoms with Gasteiger partial charge < -0.3 is 30.1 Å². The third-order valence-electron chi connectivity index (χ3n) is 7.67. The molecular weight excluding hydrogens is 512 g/mol. The lowest BCUT2D eigenvalue weighted by molar-refractivity contribution is 0.0820. The fourth-order valence-electron chi connectivity index (χ4n) is 5.58. The number of piperidine rings is 1. The second-order valence-corrected chi connectivity index (χ2v) is 11.7. The number of carbonyl (C=O) groups excluding carboxylic acids is 1. The Labute approximate surface area is 221 Å². The van der Waals surface area contributed by atoms with Gasteiger partial charge in [-0.25, -0.2) is 8.96 Å². The molecule has 0 bridgehead atoms. The van der Waals surface area contributed by atoms with Crippen LogP contribution in [0.5, 0.6) is 5.75 Å². The number of fused-ring (bicyclic) bond motifs is 1. The van der Waals surface area contributed by atoms with E-state index < -0.39 is 19.7 Å². The number of halogens is 1. The van der Waals surface area contributed by atoms with Crippen LogP contribution in [0.3, 0.4) is 0 Å². The molecular formula is C27H35FN3O6P. The van der Waals surface area contributed by atoms with E-state index in [0.29, 0.717) is 50.1 Å². The number of anilines is 2. The van der Waals surface area contributed by atoms with E-state index in [1.807, 2.05) is 18.2 Å². The van der Waals surface area contributed by atoms with Crippen molar-refractivity contribution in [2.24, 2.45) is 11.8 Å². The summed E-state index contributed by atoms with van der Waals surface area (Å²) in [6.07, 6.45) is 2.84. The number of benzene rings is 2. The van der Waals surface area contributed by atoms with Crippen molar-refractivity contribution in [3.05, 3.63) is 53.3 Å². The minimum atomic E-state index is -4.52. The summed E-state index contributed by atoms with van der Waals surface area (Å²) in [6, 6.07) is 10.5. The summed E-state index contributed by atoms with van der Waals surface area (Å²) < 4.78 is 35.6. The minimum absolute atomic E-state index is 0.113. The fraction of sp³-hybridized carbons (Fsp3) is 0.519. The van der Waals surface area contributed by atoms with Crippen LogP contribution in [-0.2, 0) is 15.6 Å². The molecule has 1 saturated heterocycles. The van der Waals surface area contributed by atoms with Crippen LogP contribution < -0.4 is 20.3 Å². The molecule has 0 radical (unpaired) electrons. The maximum Gasteiger partial charge on any atom is 0.469 e. The predicted molar refractivity (Wildman–Crippen MR) is 142 cm³/mol. The number of ether oxygens (including phenoxy) is 1. The largest absolute Gasteiger partial charge is 0.491 e. The lowest BCUT2D eigenvalue weighted by Crippen LogP contribution is -2.39. The number of amides is 1. The molecule has 2 saturated carbocycles. The Hall–Kier alpha value is -2.65. The summed E-state index contributed by atoms with van der Waals surface area (Å²) in [5, 5.41) is 6.42. The van der Waals surface area contributed by atoms with Gasteiger partial charge in [-0.15, -0.1) is 0 Å². The molecule has 2 aromatic rings. The summed E-state index contributed by atoms with van der Waals surface area (Å²) in [7, 11) is -4.52. The SMILES string of the molecule is CCOc1ccc(CNc2cc(N3CC4CC4C3)ccc2C(=O)NC2CCC(OP(=O)(O)O)CC2)cc1F. The zero-order chi connectivity index (χ0) is 26.9. The van der Waals surface area contributed by atoms with Crippen LogP contribution in [0.15, 0.2) is 36.4 Å². The molecule has 1 aliphatic heterocycles. The van der Waals surface area contributed by atoms with Crippen LogP contribution in [0.4, 0.5) is 15.8 Å². The minimum Gasteiger partial charge on any atom is -0.491 e. The first-order chi connectivity index (χ1) is 18.2. The molecule has 2 unspecified atom stereocenters. The molecule has 1 heterocycles. The highest BCUT2D eigenvalue weighted by atomic mass is 31.2. The number of nitrogens with zero attached hydrogens (tertiary/aromatic N) is 1. The molecule has 0 spiro atoms. The Balaban J connectivity index is 1.27. The standard InChI is InChI=1S/C27H35FN3O6P/c1-2-36-26-10-3-17(11-24(26)28)14-29-25-13-21(31-15-18-12-19(18)16-31)6-9-23(25)27(32)30-20-4-7-22(8-5-20)37-38(33,34)35/h3,6,9-11,13,18-20,22,29H,2,4-5,7-8,12,14-16H2,1H3,(H,30,32)(H2,33,34,35). The predicted octanol–water partition coefficient (Wildman–Crippen LogP) is 4.44. The number of phosphoric ester groups is 1. The highest BCUT2D eigenvalue weighted by Crippen LogP contribution is 2.46. The fourth-order valence-corrected chi connectivity index (χ4v) is 6.18. The summed E-state index contributed by atoms with van der Waals surface area (Å²) in [5.41, 5.74) is 2.96. The van der Waals surface area contributed by atoms with Gasteiger partial charge in [0.2, 0.25) is 0 Å². The molecule has 2 aromatic carbocycles. The van der Waals surface area contributed by atoms with Crippen molar-refractivity contribution in [1.82, 2.24) is 5.32 Å². The quantitative estimate of drug-likeness (QED) is 0.322. The zero-order valence-electron chi connectivity index (χ0n) is 21.4. The summed E-state index contributed by atoms with van der Waals surface area (Å²) in [4.78, 5) is 33.8. The molecule has 206 valence electrons. The lowest BCUT2D eigenvalue weighted by atomic mass is 9.93. The zero-order valence-corrected chi connectivity index (χ0v) is 22.3. The van der Waals surface area contributed by atoms with Gasteiger partial charge in [0, 0.05) is 37.1 Å². The molecule has 2 aliphatic carbocycles. The average molecular weight is 548 g/mol. The highest BCUT2D eigenvalue weighted by molar-refractivity contribution is 7.46. The van der Waals surface area contributed by atoms with E-state index in [0.717, 1.165) is 36.2 Å². The average Bonchev–Trinajstić information content (AvgIpc) is 3.49. The second kappa shape index (κ2) is 11.2. The van der Waals surface area contributed by atoms with Crippen molar-refractivity contribution < 1.29 is 32.8 Å². The Bertz CT molecular complexity index is 1210. The van der Waals surface area contributed by atoms with Crippen LogP contribution in [-0.4, -0.2) is 47.5 Å². The van der Waals surface area contributed by atoms with Crippen molar-refractivity contribution in [1.29, 1.82) is 0 Å². The third kappa shape index (κ3) is 6.67. The Morgan fingerprint density at radius 1 is 1.11 bits per heavy atom. The monoisotopic (exact) mass is 547 g/mol. The van der Waals surface area contributed by atoms with Gasteiger partial charge >= 0.3 is 7.82 Å². The molecule has 0 aromatic heterocycles. The van der Waals surface area contributed by atoms with E-state index in [1.165, 1.54) is 12.5 Å². The maximum absolute atomic E-state index is 14.4. The number of carbonyl (C=O) groups is 1. The van der Waals surface area contributed by atoms with E-state index in [1.54, 1.807) is 19.1 Å². The molecule has 3 aliphatic rings. The van der Waals surface area contributed by atoms with Crippen molar-refractivity contribution in [3.8, 4) is 5.75 Å². The molecule has 38 heavy (non-hydrogen) atoms. The first kappa shape index (κ1) is 26.9. The highest BCUT2D eigenvalue weighted by Gasteiger charge is 2.45. The van der Waals surface area contributed by atoms with Crippen LogP contribution in [0.1, 0.15) is 54.9 Å². The number of rotatable bonds is 10. The van der Waals surface area contributed by atoms with Gasteiger partial charge in [-0.1, -0.05) is 6.07 Å². The number of hydrogen-bond acceptors (Lipinski definition) is 6. The van der Waals surface area contributed by atoms with E-state index in [4.69, 9.17) is 19.0 Å². The number of phosphoric acid groups is 1. The summed E-state index contributed by atoms with van der Waals surface area (Å²) >= 11 is 0. The normalized spacial score (nSPS) is 24.6. The topological polar surface area (TPSA) is 120 Å². The Morgan fingerprint density at radius 2 is 1.84 bits per heavy atom. The van der Waals surface area contributed by atoms with Gasteiger partial charge in [0.25, 0.3) is 5.91 Å². The third-order valence-corrected chi connectivity index (χ3v) is 8.24. The molecule has 3 fully saturated rings. The Kier molecular flexibility index (Phi) is 7.95. The van der Waals surface area contributed by atoms with E-state index in [9.17, 15) is 13.8 Å². The van der Waals surface area contributed by atoms with Crippen molar-refractivity contribution in [2.45, 2.75) is 57.7 Å². The van der Waals surface area contributed by atoms with E-state index >= 15 is 0 Å². The molecule has 4 N–H and O–H groups in total. The summed E-state index contributed by atoms with van der Waals surface area (Å²) in [5.74, 6) is 1.11. The Morgan fingerprint density at radius 3 is 2.50 bits per heavy atom. The van der Waals surface area contributed by atoms with Gasteiger partial charge in [-0.05, 0) is 86.8 Å². The van der Waals surface area contributed by atoms with Gasteiger partial charge in [0.05, 0.1) is 18.3 Å². The van der Waals surface area contributed by atoms with Crippen molar-refractivity contribution in [2.75, 3.05) is 29.9 Å². The van der Waals surface area contributed by atoms with Gasteiger partial charge in [-0.3, -0.25) is 9.32 Å². The second-order valence-electron chi connectivity index (χ2n) is 10.5. The van der Waals surface area contributed by atoms with Crippen LogP contribution >= 0.6 is 7.82 Å². The molecule has 2 atom stereocenters. The first-order valence-electron chi connectivity index (χ1n) is 13.3. The molecule has 11 heteroatoms. The van der Waals surface area contributed by atoms with Crippen LogP contribution in [0.25, 0.3) is 0 Å². The van der Waals surface area contributed by atoms with Crippen LogP contribution in [0, 0.1) is 17.7 Å². The maximum atomic E-state index is 14.4. The number of nitrogens with one attached hydrogen (secondary N) is 2. The van der Waals surface area contributed by atoms with Crippen molar-refractivity contribution in [3.63, 3.8) is 0 Å². The van der Waals surface area contributed by atoms with Gasteiger partial charge in [-0.2, -0.15) is 0 Å². The van der Waals surface area contributed by atoms with Gasteiger partial charge in [0.1, 0.15) is 0 Å². The molecule has 5 rings (SSSR count). The molecule has 1 amide bonds. The van der Waals surface area contributed by atoms with Crippen molar-refractivity contribution >= 4 is 25.1 Å². The molecule has 9 nitrogen and oxygen atoms in total. The van der Waals surface area contributed by atoms with E-state index in [2.05, 4.69) is 15.5 Å². The van der Waals surface area contributed by atoms with E-state index in [-0.39, 0.29) is 17.7 Å². The smallest absolute Gasteiger partial charge is 0.469 e. The number of hydrogen-bond donors (Lipinski definition) is 4. The summed E-state index contributed by atoms with van der Waals surface area (Å²) in [6.45, 7) is 4.58. The first-order valence-corrected chi connectivity index (χ1v) is 14.8.